The molecule has 130 valence electrons. The van der Waals surface area contributed by atoms with Crippen molar-refractivity contribution >= 4 is 11.9 Å². The Kier molecular flexibility index (Phi) is 5.27. The first-order valence-electron chi connectivity index (χ1n) is 9.42. The molecular formula is C19H30O4. The highest BCUT2D eigenvalue weighted by atomic mass is 16.5. The van der Waals surface area contributed by atoms with Gasteiger partial charge in [0.15, 0.2) is 0 Å². The molecule has 0 aliphatic heterocycles. The average molecular weight is 322 g/mol. The molecule has 6 atom stereocenters. The largest absolute Gasteiger partial charge is 0.481 e. The van der Waals surface area contributed by atoms with Gasteiger partial charge in [-0.15, -0.1) is 0 Å². The fourth-order valence-corrected chi connectivity index (χ4v) is 5.78. The standard InChI is InChI=1S/C19H30O4/c1-12-5-7-15-13(9-12)6-8-16-14(3-2-4-17(15)16)11-23-19(22)10-18(20)21/h12-17H,2-11H2,1H3,(H,20,21)/t12-,13?,14-,15?,16?,17?/m1/s1. The third-order valence-electron chi connectivity index (χ3n) is 6.75. The molecular weight excluding hydrogens is 292 g/mol. The highest BCUT2D eigenvalue weighted by molar-refractivity contribution is 5.90. The van der Waals surface area contributed by atoms with Crippen molar-refractivity contribution in [2.45, 2.75) is 64.7 Å². The molecule has 4 unspecified atom stereocenters. The predicted octanol–water partition coefficient (Wildman–Crippen LogP) is 3.88. The van der Waals surface area contributed by atoms with Crippen LogP contribution >= 0.6 is 0 Å². The smallest absolute Gasteiger partial charge is 0.317 e. The van der Waals surface area contributed by atoms with Crippen LogP contribution < -0.4 is 0 Å². The van der Waals surface area contributed by atoms with Crippen molar-refractivity contribution in [1.82, 2.24) is 0 Å². The van der Waals surface area contributed by atoms with Crippen molar-refractivity contribution in [3.05, 3.63) is 0 Å². The minimum absolute atomic E-state index is 0.432. The zero-order chi connectivity index (χ0) is 16.4. The molecule has 4 heteroatoms. The van der Waals surface area contributed by atoms with Crippen molar-refractivity contribution in [2.75, 3.05) is 6.61 Å². The van der Waals surface area contributed by atoms with Crippen LogP contribution in [0.4, 0.5) is 0 Å². The van der Waals surface area contributed by atoms with Gasteiger partial charge in [-0.05, 0) is 74.0 Å². The molecule has 3 saturated carbocycles. The fraction of sp³-hybridized carbons (Fsp3) is 0.895. The Bertz CT molecular complexity index is 447. The first-order chi connectivity index (χ1) is 11.0. The van der Waals surface area contributed by atoms with Gasteiger partial charge in [0.1, 0.15) is 6.42 Å². The zero-order valence-electron chi connectivity index (χ0n) is 14.2. The minimum atomic E-state index is -1.10. The average Bonchev–Trinajstić information content (AvgIpc) is 2.51. The maximum absolute atomic E-state index is 11.5. The first-order valence-corrected chi connectivity index (χ1v) is 9.42. The molecule has 3 aliphatic rings. The summed E-state index contributed by atoms with van der Waals surface area (Å²) >= 11 is 0. The Balaban J connectivity index is 1.57. The fourth-order valence-electron chi connectivity index (χ4n) is 5.78. The monoisotopic (exact) mass is 322 g/mol. The van der Waals surface area contributed by atoms with Crippen LogP contribution in [0.1, 0.15) is 64.7 Å². The van der Waals surface area contributed by atoms with Gasteiger partial charge in [0, 0.05) is 0 Å². The zero-order valence-corrected chi connectivity index (χ0v) is 14.2. The summed E-state index contributed by atoms with van der Waals surface area (Å²) in [5, 5.41) is 8.66. The Morgan fingerprint density at radius 2 is 1.78 bits per heavy atom. The Labute approximate surface area is 139 Å². The lowest BCUT2D eigenvalue weighted by molar-refractivity contribution is -0.153. The highest BCUT2D eigenvalue weighted by Gasteiger charge is 2.45. The second-order valence-corrected chi connectivity index (χ2v) is 8.19. The van der Waals surface area contributed by atoms with Crippen LogP contribution in [-0.2, 0) is 14.3 Å². The molecule has 1 N–H and O–H groups in total. The maximum Gasteiger partial charge on any atom is 0.317 e. The topological polar surface area (TPSA) is 63.6 Å². The molecule has 0 saturated heterocycles. The third-order valence-corrected chi connectivity index (χ3v) is 6.75. The SMILES string of the molecule is C[C@@H]1CCC2C(CCC3C2CCC[C@@H]3COC(=O)CC(=O)O)C1. The summed E-state index contributed by atoms with van der Waals surface area (Å²) in [7, 11) is 0. The normalized spacial score (nSPS) is 39.9. The molecule has 0 aromatic heterocycles. The summed E-state index contributed by atoms with van der Waals surface area (Å²) in [6.45, 7) is 2.83. The van der Waals surface area contributed by atoms with Crippen LogP contribution in [-0.4, -0.2) is 23.7 Å². The number of fused-ring (bicyclic) bond motifs is 3. The number of esters is 1. The van der Waals surface area contributed by atoms with Gasteiger partial charge in [-0.1, -0.05) is 19.8 Å². The van der Waals surface area contributed by atoms with Gasteiger partial charge in [-0.25, -0.2) is 0 Å². The molecule has 0 heterocycles. The molecule has 0 radical (unpaired) electrons. The van der Waals surface area contributed by atoms with E-state index in [1.165, 1.54) is 44.9 Å². The van der Waals surface area contributed by atoms with Crippen LogP contribution in [0.15, 0.2) is 0 Å². The van der Waals surface area contributed by atoms with Gasteiger partial charge < -0.3 is 9.84 Å². The Morgan fingerprint density at radius 1 is 1.00 bits per heavy atom. The number of carbonyl (C=O) groups excluding carboxylic acids is 1. The van der Waals surface area contributed by atoms with E-state index in [0.29, 0.717) is 18.4 Å². The summed E-state index contributed by atoms with van der Waals surface area (Å²) in [6, 6.07) is 0. The number of carbonyl (C=O) groups is 2. The number of rotatable bonds is 4. The van der Waals surface area contributed by atoms with Crippen LogP contribution in [0.2, 0.25) is 0 Å². The first kappa shape index (κ1) is 16.8. The van der Waals surface area contributed by atoms with E-state index in [4.69, 9.17) is 9.84 Å². The molecule has 0 aromatic rings. The maximum atomic E-state index is 11.5. The van der Waals surface area contributed by atoms with Crippen molar-refractivity contribution in [3.63, 3.8) is 0 Å². The lowest BCUT2D eigenvalue weighted by atomic mass is 9.54. The molecule has 4 nitrogen and oxygen atoms in total. The summed E-state index contributed by atoms with van der Waals surface area (Å²) in [5.74, 6) is 2.98. The van der Waals surface area contributed by atoms with Crippen molar-refractivity contribution in [3.8, 4) is 0 Å². The Hall–Kier alpha value is -1.06. The molecule has 0 spiro atoms. The van der Waals surface area contributed by atoms with Crippen molar-refractivity contribution < 1.29 is 19.4 Å². The van der Waals surface area contributed by atoms with E-state index in [0.717, 1.165) is 30.1 Å². The molecule has 0 amide bonds. The lowest BCUT2D eigenvalue weighted by Gasteiger charge is -2.51. The van der Waals surface area contributed by atoms with E-state index in [2.05, 4.69) is 6.92 Å². The molecule has 3 rings (SSSR count). The second kappa shape index (κ2) is 7.23. The van der Waals surface area contributed by atoms with Gasteiger partial charge in [0.2, 0.25) is 0 Å². The Morgan fingerprint density at radius 3 is 2.57 bits per heavy atom. The number of hydrogen-bond acceptors (Lipinski definition) is 3. The molecule has 0 bridgehead atoms. The number of carboxylic acid groups (broad SMARTS) is 1. The minimum Gasteiger partial charge on any atom is -0.481 e. The van der Waals surface area contributed by atoms with Crippen LogP contribution in [0, 0.1) is 35.5 Å². The van der Waals surface area contributed by atoms with E-state index in [9.17, 15) is 9.59 Å². The van der Waals surface area contributed by atoms with Crippen LogP contribution in [0.25, 0.3) is 0 Å². The summed E-state index contributed by atoms with van der Waals surface area (Å²) in [6.07, 6.45) is 10.0. The van der Waals surface area contributed by atoms with Crippen LogP contribution in [0.3, 0.4) is 0 Å². The van der Waals surface area contributed by atoms with E-state index < -0.39 is 18.4 Å². The lowest BCUT2D eigenvalue weighted by Crippen LogP contribution is -2.44. The van der Waals surface area contributed by atoms with E-state index in [1.54, 1.807) is 0 Å². The number of carboxylic acids is 1. The quantitative estimate of drug-likeness (QED) is 0.630. The number of hydrogen-bond donors (Lipinski definition) is 1. The number of ether oxygens (including phenoxy) is 1. The van der Waals surface area contributed by atoms with Gasteiger partial charge in [-0.2, -0.15) is 0 Å². The van der Waals surface area contributed by atoms with Crippen LogP contribution in [0.5, 0.6) is 0 Å². The van der Waals surface area contributed by atoms with E-state index >= 15 is 0 Å². The molecule has 3 fully saturated rings. The van der Waals surface area contributed by atoms with Gasteiger partial charge in [0.05, 0.1) is 6.61 Å². The van der Waals surface area contributed by atoms with E-state index in [-0.39, 0.29) is 0 Å². The summed E-state index contributed by atoms with van der Waals surface area (Å²) < 4.78 is 5.27. The van der Waals surface area contributed by atoms with Gasteiger partial charge in [-0.3, -0.25) is 9.59 Å². The van der Waals surface area contributed by atoms with Crippen molar-refractivity contribution in [2.24, 2.45) is 35.5 Å². The van der Waals surface area contributed by atoms with Gasteiger partial charge >= 0.3 is 11.9 Å². The summed E-state index contributed by atoms with van der Waals surface area (Å²) in [5.41, 5.74) is 0. The molecule has 3 aliphatic carbocycles. The summed E-state index contributed by atoms with van der Waals surface area (Å²) in [4.78, 5) is 22.1. The van der Waals surface area contributed by atoms with E-state index in [1.807, 2.05) is 0 Å². The molecule has 23 heavy (non-hydrogen) atoms. The highest BCUT2D eigenvalue weighted by Crippen LogP contribution is 2.53. The van der Waals surface area contributed by atoms with Crippen molar-refractivity contribution in [1.29, 1.82) is 0 Å². The molecule has 0 aromatic carbocycles. The predicted molar refractivity (Wildman–Crippen MR) is 86.8 cm³/mol. The van der Waals surface area contributed by atoms with Gasteiger partial charge in [0.25, 0.3) is 0 Å². The number of aliphatic carboxylic acids is 1. The second-order valence-electron chi connectivity index (χ2n) is 8.19. The third kappa shape index (κ3) is 3.89.